The van der Waals surface area contributed by atoms with Crippen LogP contribution in [0, 0.1) is 17.8 Å². The van der Waals surface area contributed by atoms with Gasteiger partial charge in [0.15, 0.2) is 12.2 Å². The van der Waals surface area contributed by atoms with E-state index in [4.69, 9.17) is 18.4 Å². The number of carbonyl (C=O) groups excluding carboxylic acids is 1. The van der Waals surface area contributed by atoms with Crippen LogP contribution in [0.25, 0.3) is 0 Å². The fourth-order valence-corrected chi connectivity index (χ4v) is 3.24. The summed E-state index contributed by atoms with van der Waals surface area (Å²) in [6.45, 7) is -14.9. The lowest BCUT2D eigenvalue weighted by atomic mass is 9.73. The van der Waals surface area contributed by atoms with Crippen LogP contribution in [-0.4, -0.2) is 42.1 Å². The first-order chi connectivity index (χ1) is 16.5. The molecule has 1 aromatic carbocycles. The summed E-state index contributed by atoms with van der Waals surface area (Å²) in [5.41, 5.74) is -1.51. The predicted molar refractivity (Wildman–Crippen MR) is 103 cm³/mol. The molecule has 1 aliphatic carbocycles. The molecule has 142 valence electrons. The first kappa shape index (κ1) is 10.5. The molecule has 4 heteroatoms. The Kier molecular flexibility index (Phi) is 4.18. The van der Waals surface area contributed by atoms with Crippen LogP contribution in [0.2, 0.25) is 0 Å². The van der Waals surface area contributed by atoms with E-state index in [1.165, 1.54) is 0 Å². The van der Waals surface area contributed by atoms with Gasteiger partial charge in [-0.1, -0.05) is 75.1 Å². The Balaban J connectivity index is 2.21. The average Bonchev–Trinajstić information content (AvgIpc) is 2.79. The molecular weight excluding hydrogens is 326 g/mol. The van der Waals surface area contributed by atoms with Crippen molar-refractivity contribution in [1.29, 1.82) is 0 Å². The Morgan fingerprint density at radius 2 is 1.96 bits per heavy atom. The van der Waals surface area contributed by atoms with E-state index >= 15 is 0 Å². The molecule has 0 aromatic heterocycles. The summed E-state index contributed by atoms with van der Waals surface area (Å²) >= 11 is 0. The number of rotatable bonds is 7. The SMILES string of the molecule is [2H]C([2H])([2H])C([2H])([2H])N(CC#CCOC(=O)C(O)(c1ccccc1)C1CCCCC1)C([2H])([2H])C([2H])([2H])[2H]. The van der Waals surface area contributed by atoms with Gasteiger partial charge < -0.3 is 9.84 Å². The highest BCUT2D eigenvalue weighted by Gasteiger charge is 2.46. The normalized spacial score (nSPS) is 25.0. The molecule has 1 saturated carbocycles. The summed E-state index contributed by atoms with van der Waals surface area (Å²) in [6, 6.07) is 8.41. The summed E-state index contributed by atoms with van der Waals surface area (Å²) in [5, 5.41) is 11.5. The van der Waals surface area contributed by atoms with Gasteiger partial charge in [-0.15, -0.1) is 0 Å². The zero-order chi connectivity index (χ0) is 27.4. The standard InChI is InChI=1S/C22H31NO3/c1-3-23(4-2)17-11-12-18-26-21(24)22(25,19-13-7-5-8-14-19)20-15-9-6-10-16-20/h5,7-8,13-14,20,25H,3-4,6,9-10,15-18H2,1-2H3/i1D3,2D3,3D2,4D2. The number of esters is 1. The number of carbonyl (C=O) groups is 1. The van der Waals surface area contributed by atoms with E-state index in [0.29, 0.717) is 18.4 Å². The zero-order valence-electron chi connectivity index (χ0n) is 24.6. The molecule has 0 bridgehead atoms. The molecule has 0 aliphatic heterocycles. The van der Waals surface area contributed by atoms with Gasteiger partial charge in [0.25, 0.3) is 0 Å². The van der Waals surface area contributed by atoms with Crippen LogP contribution in [0.4, 0.5) is 0 Å². The molecule has 0 saturated heterocycles. The van der Waals surface area contributed by atoms with Crippen molar-refractivity contribution < 1.29 is 28.3 Å². The molecule has 0 amide bonds. The maximum Gasteiger partial charge on any atom is 0.344 e. The molecule has 1 unspecified atom stereocenters. The van der Waals surface area contributed by atoms with Gasteiger partial charge in [-0.2, -0.15) is 0 Å². The van der Waals surface area contributed by atoms with Gasteiger partial charge in [0.05, 0.1) is 6.54 Å². The van der Waals surface area contributed by atoms with E-state index < -0.39 is 51.4 Å². The Morgan fingerprint density at radius 1 is 1.27 bits per heavy atom. The number of aliphatic hydroxyl groups is 1. The highest BCUT2D eigenvalue weighted by Crippen LogP contribution is 2.40. The van der Waals surface area contributed by atoms with Gasteiger partial charge in [-0.3, -0.25) is 4.90 Å². The third-order valence-corrected chi connectivity index (χ3v) is 4.63. The summed E-state index contributed by atoms with van der Waals surface area (Å²) in [6.07, 6.45) is 4.00. The average molecular weight is 368 g/mol. The molecule has 1 N–H and O–H groups in total. The molecule has 1 fully saturated rings. The van der Waals surface area contributed by atoms with E-state index in [1.54, 1.807) is 30.3 Å². The minimum absolute atomic E-state index is 0.0250. The van der Waals surface area contributed by atoms with E-state index in [2.05, 4.69) is 11.8 Å². The number of hydrogen-bond donors (Lipinski definition) is 1. The first-order valence-corrected chi connectivity index (χ1v) is 8.66. The van der Waals surface area contributed by atoms with Crippen LogP contribution in [0.3, 0.4) is 0 Å². The van der Waals surface area contributed by atoms with Crippen LogP contribution in [0.15, 0.2) is 30.3 Å². The molecule has 0 radical (unpaired) electrons. The van der Waals surface area contributed by atoms with Crippen molar-refractivity contribution in [1.82, 2.24) is 4.90 Å². The maximum atomic E-state index is 13.0. The molecule has 26 heavy (non-hydrogen) atoms. The molecule has 4 nitrogen and oxygen atoms in total. The lowest BCUT2D eigenvalue weighted by Crippen LogP contribution is -2.45. The second-order valence-electron chi connectivity index (χ2n) is 6.21. The molecule has 1 aliphatic rings. The topological polar surface area (TPSA) is 49.8 Å². The molecule has 1 aromatic rings. The number of benzene rings is 1. The zero-order valence-corrected chi connectivity index (χ0v) is 14.6. The first-order valence-electron chi connectivity index (χ1n) is 13.7. The molecule has 0 heterocycles. The van der Waals surface area contributed by atoms with Gasteiger partial charge >= 0.3 is 5.97 Å². The maximum absolute atomic E-state index is 13.0. The van der Waals surface area contributed by atoms with Crippen LogP contribution in [0.1, 0.15) is 65.1 Å². The minimum Gasteiger partial charge on any atom is -0.450 e. The molecule has 0 spiro atoms. The van der Waals surface area contributed by atoms with Crippen LogP contribution in [-0.2, 0) is 15.1 Å². The Morgan fingerprint density at radius 3 is 2.62 bits per heavy atom. The van der Waals surface area contributed by atoms with Crippen LogP contribution < -0.4 is 0 Å². The van der Waals surface area contributed by atoms with Crippen molar-refractivity contribution in [2.75, 3.05) is 26.1 Å². The molecule has 1 atom stereocenters. The predicted octanol–water partition coefficient (Wildman–Crippen LogP) is 3.34. The minimum atomic E-state index is -3.37. The largest absolute Gasteiger partial charge is 0.450 e. The Hall–Kier alpha value is -1.83. The quantitative estimate of drug-likeness (QED) is 0.593. The van der Waals surface area contributed by atoms with Crippen LogP contribution >= 0.6 is 0 Å². The lowest BCUT2D eigenvalue weighted by molar-refractivity contribution is -0.174. The van der Waals surface area contributed by atoms with Crippen molar-refractivity contribution in [2.45, 2.75) is 51.4 Å². The van der Waals surface area contributed by atoms with E-state index in [0.717, 1.165) is 19.3 Å². The smallest absolute Gasteiger partial charge is 0.344 e. The van der Waals surface area contributed by atoms with Crippen molar-refractivity contribution in [3.05, 3.63) is 35.9 Å². The van der Waals surface area contributed by atoms with E-state index in [-0.39, 0.29) is 10.8 Å². The van der Waals surface area contributed by atoms with Gasteiger partial charge in [0.2, 0.25) is 0 Å². The number of hydrogen-bond acceptors (Lipinski definition) is 4. The van der Waals surface area contributed by atoms with E-state index in [9.17, 15) is 9.90 Å². The summed E-state index contributed by atoms with van der Waals surface area (Å²) in [5.74, 6) is 3.41. The molecule has 2 rings (SSSR count). The Labute approximate surface area is 171 Å². The van der Waals surface area contributed by atoms with Crippen molar-refractivity contribution in [3.8, 4) is 11.8 Å². The summed E-state index contributed by atoms with van der Waals surface area (Å²) < 4.78 is 81.0. The third-order valence-electron chi connectivity index (χ3n) is 4.63. The van der Waals surface area contributed by atoms with Crippen LogP contribution in [0.5, 0.6) is 0 Å². The van der Waals surface area contributed by atoms with Gasteiger partial charge in [-0.25, -0.2) is 4.79 Å². The van der Waals surface area contributed by atoms with Crippen molar-refractivity contribution in [3.63, 3.8) is 0 Å². The third kappa shape index (κ3) is 5.09. The Bertz CT molecular complexity index is 921. The second-order valence-corrected chi connectivity index (χ2v) is 6.21. The monoisotopic (exact) mass is 367 g/mol. The lowest BCUT2D eigenvalue weighted by Gasteiger charge is -2.36. The fraction of sp³-hybridized carbons (Fsp3) is 0.591. The van der Waals surface area contributed by atoms with Gasteiger partial charge in [0, 0.05) is 19.6 Å². The fourth-order valence-electron chi connectivity index (χ4n) is 3.24. The summed E-state index contributed by atoms with van der Waals surface area (Å²) in [4.78, 5) is 13.0. The second kappa shape index (κ2) is 10.4. The number of nitrogens with zero attached hydrogens (tertiary/aromatic N) is 1. The van der Waals surface area contributed by atoms with Crippen molar-refractivity contribution in [2.24, 2.45) is 5.92 Å². The van der Waals surface area contributed by atoms with E-state index in [1.807, 2.05) is 0 Å². The highest BCUT2D eigenvalue weighted by molar-refractivity contribution is 5.81. The van der Waals surface area contributed by atoms with Gasteiger partial charge in [-0.05, 0) is 31.4 Å². The van der Waals surface area contributed by atoms with Gasteiger partial charge in [0.1, 0.15) is 0 Å². The molecular formula is C22H31NO3. The summed E-state index contributed by atoms with van der Waals surface area (Å²) in [7, 11) is 0. The number of ether oxygens (including phenoxy) is 1. The highest BCUT2D eigenvalue weighted by atomic mass is 16.5. The van der Waals surface area contributed by atoms with Crippen molar-refractivity contribution >= 4 is 5.97 Å².